The van der Waals surface area contributed by atoms with Crippen molar-refractivity contribution in [1.82, 2.24) is 9.47 Å². The summed E-state index contributed by atoms with van der Waals surface area (Å²) < 4.78 is 14.5. The third kappa shape index (κ3) is 5.28. The van der Waals surface area contributed by atoms with Gasteiger partial charge in [0, 0.05) is 28.7 Å². The number of benzene rings is 3. The quantitative estimate of drug-likeness (QED) is 0.252. The van der Waals surface area contributed by atoms with Crippen molar-refractivity contribution in [3.05, 3.63) is 101 Å². The second kappa shape index (κ2) is 12.4. The maximum absolute atomic E-state index is 14.3. The summed E-state index contributed by atoms with van der Waals surface area (Å²) in [6.07, 6.45) is 7.20. The number of aromatic nitrogens is 1. The van der Waals surface area contributed by atoms with Gasteiger partial charge in [-0.05, 0) is 61.9 Å². The minimum atomic E-state index is -0.753. The number of thiazole rings is 1. The van der Waals surface area contributed by atoms with Crippen LogP contribution in [0.2, 0.25) is 0 Å². The lowest BCUT2D eigenvalue weighted by molar-refractivity contribution is -0.127. The Kier molecular flexibility index (Phi) is 8.66. The number of hydrogen-bond acceptors (Lipinski definition) is 6. The summed E-state index contributed by atoms with van der Waals surface area (Å²) in [5.74, 6) is 3.47. The first kappa shape index (κ1) is 29.4. The van der Waals surface area contributed by atoms with E-state index in [1.807, 2.05) is 69.3 Å². The molecule has 0 radical (unpaired) electrons. The average molecular weight is 645 g/mol. The van der Waals surface area contributed by atoms with Gasteiger partial charge in [-0.1, -0.05) is 63.5 Å². The van der Waals surface area contributed by atoms with Crippen LogP contribution in [0.1, 0.15) is 37.9 Å². The highest BCUT2D eigenvalue weighted by Crippen LogP contribution is 2.40. The number of likely N-dealkylation sites (N-methyl/N-ethyl adjacent to an activating group) is 1. The molecule has 5 rings (SSSR count). The van der Waals surface area contributed by atoms with E-state index in [2.05, 4.69) is 21.9 Å². The zero-order chi connectivity index (χ0) is 30.0. The standard InChI is InChI=1S/C33H30BrN3O4S/c1-6-17-41-25-16-14-23(34)18-22(25)19-27-31(38)37-30(29-24-12-10-9-11-21(24)13-15-26(29)40-5)28(20(4)35-33(37)42-27)32(39)36(7-2)8-3/h1,9-16,18-19,30H,7-8,17H2,2-5H3/b27-19+/t30-/m0/s1. The summed E-state index contributed by atoms with van der Waals surface area (Å²) in [7, 11) is 1.60. The molecular weight excluding hydrogens is 614 g/mol. The number of carbonyl (C=O) groups excluding carboxylic acids is 1. The number of amides is 1. The molecule has 42 heavy (non-hydrogen) atoms. The summed E-state index contributed by atoms with van der Waals surface area (Å²) in [5.41, 5.74) is 2.19. The third-order valence-corrected chi connectivity index (χ3v) is 8.77. The van der Waals surface area contributed by atoms with Gasteiger partial charge in [-0.3, -0.25) is 14.2 Å². The van der Waals surface area contributed by atoms with Gasteiger partial charge in [0.25, 0.3) is 11.5 Å². The Morgan fingerprint density at radius 2 is 1.90 bits per heavy atom. The van der Waals surface area contributed by atoms with Crippen LogP contribution in [0.5, 0.6) is 11.5 Å². The fourth-order valence-electron chi connectivity index (χ4n) is 5.31. The number of terminal acetylenes is 1. The molecule has 4 aromatic rings. The van der Waals surface area contributed by atoms with E-state index < -0.39 is 6.04 Å². The van der Waals surface area contributed by atoms with Gasteiger partial charge in [-0.15, -0.1) is 6.42 Å². The highest BCUT2D eigenvalue weighted by atomic mass is 79.9. The van der Waals surface area contributed by atoms with Gasteiger partial charge in [0.1, 0.15) is 24.1 Å². The fourth-order valence-corrected chi connectivity index (χ4v) is 6.73. The predicted molar refractivity (Wildman–Crippen MR) is 171 cm³/mol. The third-order valence-electron chi connectivity index (χ3n) is 7.30. The van der Waals surface area contributed by atoms with Gasteiger partial charge in [0.15, 0.2) is 4.80 Å². The van der Waals surface area contributed by atoms with E-state index in [-0.39, 0.29) is 18.1 Å². The number of fused-ring (bicyclic) bond motifs is 2. The molecule has 2 heterocycles. The first-order valence-corrected chi connectivity index (χ1v) is 15.2. The molecular formula is C33H30BrN3O4S. The van der Waals surface area contributed by atoms with E-state index in [0.717, 1.165) is 20.8 Å². The van der Waals surface area contributed by atoms with Crippen LogP contribution in [0.4, 0.5) is 0 Å². The molecule has 9 heteroatoms. The molecule has 1 amide bonds. The van der Waals surface area contributed by atoms with E-state index in [1.54, 1.807) is 28.7 Å². The number of methoxy groups -OCH3 is 1. The highest BCUT2D eigenvalue weighted by molar-refractivity contribution is 9.10. The molecule has 3 aromatic carbocycles. The minimum absolute atomic E-state index is 0.0978. The molecule has 0 bridgehead atoms. The van der Waals surface area contributed by atoms with Gasteiger partial charge < -0.3 is 14.4 Å². The van der Waals surface area contributed by atoms with Crippen molar-refractivity contribution in [3.8, 4) is 23.8 Å². The van der Waals surface area contributed by atoms with E-state index in [4.69, 9.17) is 20.9 Å². The predicted octanol–water partition coefficient (Wildman–Crippen LogP) is 5.04. The van der Waals surface area contributed by atoms with Crippen LogP contribution in [0, 0.1) is 12.3 Å². The molecule has 0 aliphatic carbocycles. The minimum Gasteiger partial charge on any atom is -0.496 e. The summed E-state index contributed by atoms with van der Waals surface area (Å²) in [4.78, 5) is 35.5. The molecule has 214 valence electrons. The first-order chi connectivity index (χ1) is 20.3. The Balaban J connectivity index is 1.84. The van der Waals surface area contributed by atoms with Crippen molar-refractivity contribution in [2.45, 2.75) is 26.8 Å². The molecule has 1 atom stereocenters. The second-order valence-electron chi connectivity index (χ2n) is 9.64. The Hall–Kier alpha value is -4.13. The SMILES string of the molecule is C#CCOc1ccc(Br)cc1/C=c1/sc2n(c1=O)[C@H](c1c(OC)ccc3ccccc13)C(C(=O)N(CC)CC)=C(C)N=2. The molecule has 0 saturated carbocycles. The number of hydrogen-bond donors (Lipinski definition) is 0. The maximum atomic E-state index is 14.3. The lowest BCUT2D eigenvalue weighted by Gasteiger charge is -2.30. The van der Waals surface area contributed by atoms with E-state index >= 15 is 0 Å². The topological polar surface area (TPSA) is 73.1 Å². The van der Waals surface area contributed by atoms with Crippen LogP contribution in [-0.4, -0.2) is 42.2 Å². The molecule has 0 spiro atoms. The van der Waals surface area contributed by atoms with Crippen LogP contribution in [0.25, 0.3) is 16.8 Å². The lowest BCUT2D eigenvalue weighted by Crippen LogP contribution is -2.43. The number of rotatable bonds is 8. The molecule has 1 aliphatic heterocycles. The van der Waals surface area contributed by atoms with E-state index in [0.29, 0.717) is 50.8 Å². The molecule has 0 unspecified atom stereocenters. The Labute approximate surface area is 256 Å². The molecule has 0 N–H and O–H groups in total. The van der Waals surface area contributed by atoms with Gasteiger partial charge in [0.05, 0.1) is 22.9 Å². The van der Waals surface area contributed by atoms with Crippen LogP contribution >= 0.6 is 27.3 Å². The molecule has 1 aromatic heterocycles. The van der Waals surface area contributed by atoms with Crippen molar-refractivity contribution in [2.24, 2.45) is 4.99 Å². The van der Waals surface area contributed by atoms with Gasteiger partial charge in [-0.25, -0.2) is 4.99 Å². The Morgan fingerprint density at radius 1 is 1.17 bits per heavy atom. The number of ether oxygens (including phenoxy) is 2. The van der Waals surface area contributed by atoms with Gasteiger partial charge in [0.2, 0.25) is 0 Å². The summed E-state index contributed by atoms with van der Waals surface area (Å²) >= 11 is 4.78. The molecule has 1 aliphatic rings. The molecule has 0 fully saturated rings. The van der Waals surface area contributed by atoms with Crippen molar-refractivity contribution < 1.29 is 14.3 Å². The van der Waals surface area contributed by atoms with E-state index in [1.165, 1.54) is 11.3 Å². The van der Waals surface area contributed by atoms with Crippen molar-refractivity contribution >= 4 is 50.0 Å². The van der Waals surface area contributed by atoms with Crippen molar-refractivity contribution in [3.63, 3.8) is 0 Å². The van der Waals surface area contributed by atoms with Crippen molar-refractivity contribution in [1.29, 1.82) is 0 Å². The van der Waals surface area contributed by atoms with Crippen LogP contribution in [0.15, 0.2) is 80.1 Å². The Morgan fingerprint density at radius 3 is 2.62 bits per heavy atom. The first-order valence-electron chi connectivity index (χ1n) is 13.6. The van der Waals surface area contributed by atoms with E-state index in [9.17, 15) is 9.59 Å². The summed E-state index contributed by atoms with van der Waals surface area (Å²) in [5, 5.41) is 1.87. The van der Waals surface area contributed by atoms with Crippen LogP contribution < -0.4 is 24.4 Å². The van der Waals surface area contributed by atoms with Crippen molar-refractivity contribution in [2.75, 3.05) is 26.8 Å². The normalized spacial score (nSPS) is 14.8. The molecule has 7 nitrogen and oxygen atoms in total. The molecule has 0 saturated heterocycles. The van der Waals surface area contributed by atoms with Gasteiger partial charge >= 0.3 is 0 Å². The summed E-state index contributed by atoms with van der Waals surface area (Å²) in [6.45, 7) is 6.87. The smallest absolute Gasteiger partial charge is 0.271 e. The highest BCUT2D eigenvalue weighted by Gasteiger charge is 2.36. The zero-order valence-electron chi connectivity index (χ0n) is 23.8. The van der Waals surface area contributed by atoms with Crippen LogP contribution in [0.3, 0.4) is 0 Å². The maximum Gasteiger partial charge on any atom is 0.271 e. The number of halogens is 1. The Bertz CT molecular complexity index is 1950. The number of allylic oxidation sites excluding steroid dienone is 1. The largest absolute Gasteiger partial charge is 0.496 e. The lowest BCUT2D eigenvalue weighted by atomic mass is 9.90. The summed E-state index contributed by atoms with van der Waals surface area (Å²) in [6, 6.07) is 16.6. The fraction of sp³-hybridized carbons (Fsp3) is 0.242. The number of carbonyl (C=O) groups is 1. The zero-order valence-corrected chi connectivity index (χ0v) is 26.2. The second-order valence-corrected chi connectivity index (χ2v) is 11.6. The average Bonchev–Trinajstić information content (AvgIpc) is 3.29. The number of nitrogens with zero attached hydrogens (tertiary/aromatic N) is 3. The monoisotopic (exact) mass is 643 g/mol. The van der Waals surface area contributed by atoms with Crippen LogP contribution in [-0.2, 0) is 4.79 Å². The van der Waals surface area contributed by atoms with Gasteiger partial charge in [-0.2, -0.15) is 0 Å².